The quantitative estimate of drug-likeness (QED) is 0.890. The molecule has 3 nitrogen and oxygen atoms in total. The molecule has 1 fully saturated rings. The van der Waals surface area contributed by atoms with Crippen LogP contribution in [-0.4, -0.2) is 36.1 Å². The lowest BCUT2D eigenvalue weighted by atomic mass is 10.3. The van der Waals surface area contributed by atoms with Crippen molar-refractivity contribution >= 4 is 23.1 Å². The summed E-state index contributed by atoms with van der Waals surface area (Å²) in [4.78, 5) is 6.78. The van der Waals surface area contributed by atoms with Gasteiger partial charge in [0, 0.05) is 25.4 Å². The molecule has 0 amide bonds. The molecule has 1 aromatic rings. The van der Waals surface area contributed by atoms with Gasteiger partial charge in [-0.3, -0.25) is 4.98 Å². The van der Waals surface area contributed by atoms with Crippen molar-refractivity contribution in [3.63, 3.8) is 0 Å². The molecule has 1 saturated heterocycles. The first-order chi connectivity index (χ1) is 8.40. The summed E-state index contributed by atoms with van der Waals surface area (Å²) in [6.45, 7) is 5.49. The van der Waals surface area contributed by atoms with E-state index in [1.54, 1.807) is 0 Å². The number of rotatable bonds is 4. The molecule has 0 atom stereocenters. The molecule has 0 unspecified atom stereocenters. The second-order valence-corrected chi connectivity index (χ2v) is 5.54. The van der Waals surface area contributed by atoms with Crippen molar-refractivity contribution in [2.75, 3.05) is 41.4 Å². The monoisotopic (exact) mass is 251 g/mol. The van der Waals surface area contributed by atoms with Crippen LogP contribution in [-0.2, 0) is 0 Å². The van der Waals surface area contributed by atoms with Crippen molar-refractivity contribution in [1.29, 1.82) is 0 Å². The van der Waals surface area contributed by atoms with Crippen molar-refractivity contribution < 1.29 is 0 Å². The van der Waals surface area contributed by atoms with Crippen LogP contribution in [0.4, 0.5) is 11.4 Å². The van der Waals surface area contributed by atoms with Gasteiger partial charge in [0.25, 0.3) is 0 Å². The van der Waals surface area contributed by atoms with Gasteiger partial charge in [0.05, 0.1) is 23.8 Å². The first-order valence-electron chi connectivity index (χ1n) is 6.42. The molecule has 17 heavy (non-hydrogen) atoms. The summed E-state index contributed by atoms with van der Waals surface area (Å²) < 4.78 is 0. The molecule has 1 aromatic heterocycles. The van der Waals surface area contributed by atoms with Crippen LogP contribution < -0.4 is 10.2 Å². The minimum Gasteiger partial charge on any atom is -0.384 e. The van der Waals surface area contributed by atoms with Gasteiger partial charge < -0.3 is 10.2 Å². The Labute approximate surface area is 108 Å². The van der Waals surface area contributed by atoms with Gasteiger partial charge in [-0.1, -0.05) is 6.92 Å². The van der Waals surface area contributed by atoms with Gasteiger partial charge in [0.1, 0.15) is 0 Å². The average Bonchev–Trinajstić information content (AvgIpc) is 2.65. The Morgan fingerprint density at radius 2 is 2.29 bits per heavy atom. The van der Waals surface area contributed by atoms with Crippen molar-refractivity contribution in [1.82, 2.24) is 4.98 Å². The lowest BCUT2D eigenvalue weighted by Gasteiger charge is -2.22. The number of thioether (sulfide) groups is 1. The molecular formula is C13H21N3S. The van der Waals surface area contributed by atoms with E-state index in [1.165, 1.54) is 23.6 Å². The summed E-state index contributed by atoms with van der Waals surface area (Å²) >= 11 is 2.05. The maximum atomic E-state index is 4.33. The van der Waals surface area contributed by atoms with Crippen molar-refractivity contribution in [3.05, 3.63) is 18.5 Å². The minimum atomic E-state index is 1.01. The van der Waals surface area contributed by atoms with Gasteiger partial charge in [-0.2, -0.15) is 11.8 Å². The van der Waals surface area contributed by atoms with Crippen molar-refractivity contribution in [2.45, 2.75) is 19.8 Å². The fourth-order valence-corrected chi connectivity index (χ4v) is 2.86. The Bertz CT molecular complexity index is 335. The van der Waals surface area contributed by atoms with Gasteiger partial charge in [0.15, 0.2) is 0 Å². The summed E-state index contributed by atoms with van der Waals surface area (Å²) in [5, 5.41) is 3.40. The molecule has 94 valence electrons. The van der Waals surface area contributed by atoms with E-state index < -0.39 is 0 Å². The fraction of sp³-hybridized carbons (Fsp3) is 0.615. The summed E-state index contributed by atoms with van der Waals surface area (Å²) in [6, 6.07) is 2.22. The predicted molar refractivity (Wildman–Crippen MR) is 77.2 cm³/mol. The Balaban J connectivity index is 2.03. The van der Waals surface area contributed by atoms with E-state index >= 15 is 0 Å². The second kappa shape index (κ2) is 6.74. The lowest BCUT2D eigenvalue weighted by Crippen LogP contribution is -2.25. The number of nitrogens with one attached hydrogen (secondary N) is 1. The van der Waals surface area contributed by atoms with Gasteiger partial charge >= 0.3 is 0 Å². The zero-order valence-electron chi connectivity index (χ0n) is 10.5. The molecule has 2 heterocycles. The Morgan fingerprint density at radius 3 is 3.18 bits per heavy atom. The van der Waals surface area contributed by atoms with Crippen LogP contribution in [0.1, 0.15) is 19.8 Å². The van der Waals surface area contributed by atoms with E-state index in [-0.39, 0.29) is 0 Å². The van der Waals surface area contributed by atoms with Gasteiger partial charge in [-0.25, -0.2) is 0 Å². The van der Waals surface area contributed by atoms with E-state index in [4.69, 9.17) is 0 Å². The maximum Gasteiger partial charge on any atom is 0.0573 e. The molecule has 1 aliphatic rings. The molecular weight excluding hydrogens is 230 g/mol. The largest absolute Gasteiger partial charge is 0.384 e. The number of nitrogens with zero attached hydrogens (tertiary/aromatic N) is 2. The smallest absolute Gasteiger partial charge is 0.0573 e. The van der Waals surface area contributed by atoms with Crippen LogP contribution in [0, 0.1) is 0 Å². The molecule has 0 spiro atoms. The molecule has 0 aromatic carbocycles. The highest BCUT2D eigenvalue weighted by Crippen LogP contribution is 2.21. The second-order valence-electron chi connectivity index (χ2n) is 4.31. The molecule has 1 aliphatic heterocycles. The summed E-state index contributed by atoms with van der Waals surface area (Å²) in [5.41, 5.74) is 2.40. The third-order valence-electron chi connectivity index (χ3n) is 2.89. The molecule has 0 saturated carbocycles. The van der Waals surface area contributed by atoms with Gasteiger partial charge in [0.2, 0.25) is 0 Å². The third kappa shape index (κ3) is 3.80. The standard InChI is InChI=1S/C13H21N3S/c1-2-4-15-12-9-13(11-14-10-12)16-5-3-7-17-8-6-16/h9-11,15H,2-8H2,1H3. The number of pyridine rings is 1. The van der Waals surface area contributed by atoms with Crippen LogP contribution >= 0.6 is 11.8 Å². The molecule has 4 heteroatoms. The zero-order valence-corrected chi connectivity index (χ0v) is 11.3. The molecule has 0 aliphatic carbocycles. The zero-order chi connectivity index (χ0) is 11.9. The molecule has 0 bridgehead atoms. The van der Waals surface area contributed by atoms with E-state index in [0.29, 0.717) is 0 Å². The number of hydrogen-bond donors (Lipinski definition) is 1. The first-order valence-corrected chi connectivity index (χ1v) is 7.57. The van der Waals surface area contributed by atoms with E-state index in [1.807, 2.05) is 12.4 Å². The average molecular weight is 251 g/mol. The number of aromatic nitrogens is 1. The molecule has 0 radical (unpaired) electrons. The summed E-state index contributed by atoms with van der Waals surface area (Å²) in [5.74, 6) is 2.52. The maximum absolute atomic E-state index is 4.33. The van der Waals surface area contributed by atoms with Crippen LogP contribution in [0.3, 0.4) is 0 Å². The SMILES string of the molecule is CCCNc1cncc(N2CCCSCC2)c1. The Morgan fingerprint density at radius 1 is 1.35 bits per heavy atom. The number of anilines is 2. The van der Waals surface area contributed by atoms with E-state index in [2.05, 4.69) is 40.0 Å². The normalized spacial score (nSPS) is 16.6. The highest BCUT2D eigenvalue weighted by molar-refractivity contribution is 7.99. The Kier molecular flexibility index (Phi) is 4.98. The highest BCUT2D eigenvalue weighted by Gasteiger charge is 2.10. The van der Waals surface area contributed by atoms with Crippen molar-refractivity contribution in [2.24, 2.45) is 0 Å². The van der Waals surface area contributed by atoms with Crippen LogP contribution in [0.5, 0.6) is 0 Å². The topological polar surface area (TPSA) is 28.2 Å². The van der Waals surface area contributed by atoms with Gasteiger partial charge in [-0.15, -0.1) is 0 Å². The lowest BCUT2D eigenvalue weighted by molar-refractivity contribution is 0.813. The first kappa shape index (κ1) is 12.6. The van der Waals surface area contributed by atoms with Gasteiger partial charge in [-0.05, 0) is 24.7 Å². The summed E-state index contributed by atoms with van der Waals surface area (Å²) in [6.07, 6.45) is 6.31. The van der Waals surface area contributed by atoms with Crippen molar-refractivity contribution in [3.8, 4) is 0 Å². The summed E-state index contributed by atoms with van der Waals surface area (Å²) in [7, 11) is 0. The van der Waals surface area contributed by atoms with Crippen LogP contribution in [0.2, 0.25) is 0 Å². The minimum absolute atomic E-state index is 1.01. The number of hydrogen-bond acceptors (Lipinski definition) is 4. The van der Waals surface area contributed by atoms with E-state index in [9.17, 15) is 0 Å². The third-order valence-corrected chi connectivity index (χ3v) is 3.94. The molecule has 2 rings (SSSR count). The molecule has 1 N–H and O–H groups in total. The predicted octanol–water partition coefficient (Wildman–Crippen LogP) is 2.85. The fourth-order valence-electron chi connectivity index (χ4n) is 1.97. The van der Waals surface area contributed by atoms with Crippen LogP contribution in [0.15, 0.2) is 18.5 Å². The van der Waals surface area contributed by atoms with E-state index in [0.717, 1.165) is 31.7 Å². The Hall–Kier alpha value is -0.900. The van der Waals surface area contributed by atoms with Crippen LogP contribution in [0.25, 0.3) is 0 Å². The highest BCUT2D eigenvalue weighted by atomic mass is 32.2.